The Morgan fingerprint density at radius 3 is 1.57 bits per heavy atom. The lowest BCUT2D eigenvalue weighted by Crippen LogP contribution is -2.36. The molecule has 0 atom stereocenters. The summed E-state index contributed by atoms with van der Waals surface area (Å²) in [5.41, 5.74) is 0.262. The summed E-state index contributed by atoms with van der Waals surface area (Å²) in [6.07, 6.45) is 0. The molecule has 86 valence electrons. The van der Waals surface area contributed by atoms with E-state index in [0.29, 0.717) is 11.8 Å². The molecule has 0 bridgehead atoms. The zero-order valence-corrected chi connectivity index (χ0v) is 11.3. The van der Waals surface area contributed by atoms with Crippen molar-refractivity contribution < 1.29 is 4.74 Å². The van der Waals surface area contributed by atoms with E-state index < -0.39 is 0 Å². The van der Waals surface area contributed by atoms with Gasteiger partial charge in [0.2, 0.25) is 0 Å². The van der Waals surface area contributed by atoms with Crippen molar-refractivity contribution in [3.05, 3.63) is 0 Å². The zero-order valence-electron chi connectivity index (χ0n) is 11.3. The molecule has 0 heterocycles. The first-order valence-corrected chi connectivity index (χ1v) is 5.73. The molecule has 0 radical (unpaired) electrons. The van der Waals surface area contributed by atoms with Crippen LogP contribution in [0.2, 0.25) is 0 Å². The number of rotatable bonds is 5. The molecule has 0 aliphatic rings. The van der Waals surface area contributed by atoms with Crippen molar-refractivity contribution in [2.75, 3.05) is 6.61 Å². The standard InChI is InChI=1S/C13H28O/c1-10(2)12(5,6)9-14-13(7,8)11(3)4/h10-11H,9H2,1-8H3. The summed E-state index contributed by atoms with van der Waals surface area (Å²) in [6.45, 7) is 18.7. The fraction of sp³-hybridized carbons (Fsp3) is 1.00. The molecule has 0 N–H and O–H groups in total. The molecule has 0 rings (SSSR count). The monoisotopic (exact) mass is 200 g/mol. The topological polar surface area (TPSA) is 9.23 Å². The van der Waals surface area contributed by atoms with Crippen molar-refractivity contribution in [1.82, 2.24) is 0 Å². The third kappa shape index (κ3) is 4.00. The zero-order chi connectivity index (χ0) is 11.6. The van der Waals surface area contributed by atoms with Gasteiger partial charge < -0.3 is 4.74 Å². The van der Waals surface area contributed by atoms with Crippen LogP contribution in [-0.4, -0.2) is 12.2 Å². The highest BCUT2D eigenvalue weighted by Gasteiger charge is 2.29. The van der Waals surface area contributed by atoms with Gasteiger partial charge >= 0.3 is 0 Å². The van der Waals surface area contributed by atoms with Crippen LogP contribution in [0.5, 0.6) is 0 Å². The van der Waals surface area contributed by atoms with Gasteiger partial charge in [0.25, 0.3) is 0 Å². The van der Waals surface area contributed by atoms with Crippen molar-refractivity contribution in [2.45, 2.75) is 61.0 Å². The molecule has 0 aromatic heterocycles. The van der Waals surface area contributed by atoms with Crippen LogP contribution < -0.4 is 0 Å². The quantitative estimate of drug-likeness (QED) is 0.648. The van der Waals surface area contributed by atoms with Crippen molar-refractivity contribution in [3.8, 4) is 0 Å². The highest BCUT2D eigenvalue weighted by atomic mass is 16.5. The first-order chi connectivity index (χ1) is 6.09. The summed E-state index contributed by atoms with van der Waals surface area (Å²) >= 11 is 0. The highest BCUT2D eigenvalue weighted by Crippen LogP contribution is 2.30. The third-order valence-electron chi connectivity index (χ3n) is 3.77. The molecule has 0 unspecified atom stereocenters. The van der Waals surface area contributed by atoms with Gasteiger partial charge in [-0.3, -0.25) is 0 Å². The van der Waals surface area contributed by atoms with E-state index in [1.165, 1.54) is 0 Å². The summed E-state index contributed by atoms with van der Waals surface area (Å²) in [6, 6.07) is 0. The second-order valence-corrected chi connectivity index (χ2v) is 6.19. The van der Waals surface area contributed by atoms with Crippen LogP contribution in [0.25, 0.3) is 0 Å². The van der Waals surface area contributed by atoms with Gasteiger partial charge in [-0.25, -0.2) is 0 Å². The molecule has 14 heavy (non-hydrogen) atoms. The number of hydrogen-bond donors (Lipinski definition) is 0. The van der Waals surface area contributed by atoms with Gasteiger partial charge in [-0.15, -0.1) is 0 Å². The van der Waals surface area contributed by atoms with E-state index in [0.717, 1.165) is 6.61 Å². The van der Waals surface area contributed by atoms with E-state index in [1.54, 1.807) is 0 Å². The van der Waals surface area contributed by atoms with Gasteiger partial charge in [0.1, 0.15) is 0 Å². The Hall–Kier alpha value is -0.0400. The molecule has 0 fully saturated rings. The molecular weight excluding hydrogens is 172 g/mol. The minimum absolute atomic E-state index is 0.00778. The van der Waals surface area contributed by atoms with Crippen LogP contribution in [-0.2, 0) is 4.74 Å². The Morgan fingerprint density at radius 1 is 0.857 bits per heavy atom. The van der Waals surface area contributed by atoms with E-state index in [2.05, 4.69) is 55.4 Å². The van der Waals surface area contributed by atoms with Crippen LogP contribution in [0.1, 0.15) is 55.4 Å². The Morgan fingerprint density at radius 2 is 1.29 bits per heavy atom. The minimum Gasteiger partial charge on any atom is -0.375 e. The van der Waals surface area contributed by atoms with Gasteiger partial charge in [0, 0.05) is 0 Å². The van der Waals surface area contributed by atoms with Crippen LogP contribution in [0.4, 0.5) is 0 Å². The molecule has 0 aliphatic carbocycles. The Kier molecular flexibility index (Phi) is 4.64. The van der Waals surface area contributed by atoms with Crippen molar-refractivity contribution in [1.29, 1.82) is 0 Å². The lowest BCUT2D eigenvalue weighted by Gasteiger charge is -2.36. The summed E-state index contributed by atoms with van der Waals surface area (Å²) in [5, 5.41) is 0. The summed E-state index contributed by atoms with van der Waals surface area (Å²) in [4.78, 5) is 0. The average molecular weight is 200 g/mol. The van der Waals surface area contributed by atoms with Crippen molar-refractivity contribution in [3.63, 3.8) is 0 Å². The highest BCUT2D eigenvalue weighted by molar-refractivity contribution is 4.77. The first-order valence-electron chi connectivity index (χ1n) is 5.73. The Bertz CT molecular complexity index is 146. The largest absolute Gasteiger partial charge is 0.375 e. The maximum absolute atomic E-state index is 6.02. The Balaban J connectivity index is 4.18. The van der Waals surface area contributed by atoms with Crippen molar-refractivity contribution >= 4 is 0 Å². The maximum Gasteiger partial charge on any atom is 0.0649 e. The molecule has 1 nitrogen and oxygen atoms in total. The summed E-state index contributed by atoms with van der Waals surface area (Å²) < 4.78 is 6.02. The predicted molar refractivity (Wildman–Crippen MR) is 63.5 cm³/mol. The molecule has 0 amide bonds. The Labute approximate surface area is 90.2 Å². The molecule has 0 aromatic rings. The second-order valence-electron chi connectivity index (χ2n) is 6.19. The lowest BCUT2D eigenvalue weighted by molar-refractivity contribution is -0.0898. The molecule has 0 saturated heterocycles. The van der Waals surface area contributed by atoms with Gasteiger partial charge in [-0.1, -0.05) is 41.5 Å². The van der Waals surface area contributed by atoms with E-state index in [1.807, 2.05) is 0 Å². The molecule has 0 saturated carbocycles. The third-order valence-corrected chi connectivity index (χ3v) is 3.77. The number of hydrogen-bond acceptors (Lipinski definition) is 1. The van der Waals surface area contributed by atoms with E-state index in [-0.39, 0.29) is 11.0 Å². The van der Waals surface area contributed by atoms with Crippen LogP contribution in [0.3, 0.4) is 0 Å². The lowest BCUT2D eigenvalue weighted by atomic mass is 9.82. The SMILES string of the molecule is CC(C)C(C)(C)COC(C)(C)C(C)C. The van der Waals surface area contributed by atoms with E-state index >= 15 is 0 Å². The van der Waals surface area contributed by atoms with Gasteiger partial charge in [0.05, 0.1) is 12.2 Å². The fourth-order valence-electron chi connectivity index (χ4n) is 0.705. The molecule has 0 aromatic carbocycles. The van der Waals surface area contributed by atoms with Crippen LogP contribution in [0, 0.1) is 17.3 Å². The van der Waals surface area contributed by atoms with Crippen molar-refractivity contribution in [2.24, 2.45) is 17.3 Å². The molecular formula is C13H28O. The van der Waals surface area contributed by atoms with Crippen LogP contribution >= 0.6 is 0 Å². The van der Waals surface area contributed by atoms with E-state index in [4.69, 9.17) is 4.74 Å². The summed E-state index contributed by atoms with van der Waals surface area (Å²) in [5.74, 6) is 1.22. The molecule has 0 spiro atoms. The molecule has 1 heteroatoms. The van der Waals surface area contributed by atoms with Gasteiger partial charge in [-0.2, -0.15) is 0 Å². The second kappa shape index (κ2) is 4.65. The first kappa shape index (κ1) is 14.0. The number of ether oxygens (including phenoxy) is 1. The van der Waals surface area contributed by atoms with Crippen LogP contribution in [0.15, 0.2) is 0 Å². The van der Waals surface area contributed by atoms with E-state index in [9.17, 15) is 0 Å². The molecule has 0 aliphatic heterocycles. The average Bonchev–Trinajstić information content (AvgIpc) is 2.01. The van der Waals surface area contributed by atoms with Gasteiger partial charge in [-0.05, 0) is 31.1 Å². The minimum atomic E-state index is -0.00778. The maximum atomic E-state index is 6.02. The van der Waals surface area contributed by atoms with Gasteiger partial charge in [0.15, 0.2) is 0 Å². The smallest absolute Gasteiger partial charge is 0.0649 e. The summed E-state index contributed by atoms with van der Waals surface area (Å²) in [7, 11) is 0. The predicted octanol–water partition coefficient (Wildman–Crippen LogP) is 4.12. The fourth-order valence-corrected chi connectivity index (χ4v) is 0.705. The normalized spacial score (nSPS) is 14.1.